The van der Waals surface area contributed by atoms with E-state index >= 15 is 0 Å². The Labute approximate surface area is 96.0 Å². The molecule has 0 bridgehead atoms. The van der Waals surface area contributed by atoms with Crippen molar-refractivity contribution < 1.29 is 23.6 Å². The molecule has 2 rings (SSSR count). The van der Waals surface area contributed by atoms with Gasteiger partial charge in [-0.3, -0.25) is 0 Å². The lowest BCUT2D eigenvalue weighted by molar-refractivity contribution is -0.142. The quantitative estimate of drug-likeness (QED) is 0.836. The van der Waals surface area contributed by atoms with E-state index in [9.17, 15) is 4.79 Å². The van der Waals surface area contributed by atoms with Crippen molar-refractivity contribution in [1.82, 2.24) is 10.1 Å². The smallest absolute Gasteiger partial charge is 0.329 e. The molecule has 0 saturated carbocycles. The van der Waals surface area contributed by atoms with Gasteiger partial charge in [-0.2, -0.15) is 4.98 Å². The van der Waals surface area contributed by atoms with Crippen molar-refractivity contribution in [2.24, 2.45) is 0 Å². The van der Waals surface area contributed by atoms with Crippen LogP contribution in [0.5, 0.6) is 0 Å². The first-order chi connectivity index (χ1) is 8.16. The van der Waals surface area contributed by atoms with Gasteiger partial charge >= 0.3 is 5.97 Å². The van der Waals surface area contributed by atoms with Gasteiger partial charge in [-0.15, -0.1) is 0 Å². The highest BCUT2D eigenvalue weighted by molar-refractivity contribution is 5.67. The molecule has 0 radical (unpaired) electrons. The van der Waals surface area contributed by atoms with Gasteiger partial charge in [0.15, 0.2) is 0 Å². The molecule has 0 amide bonds. The highest BCUT2D eigenvalue weighted by Gasteiger charge is 2.12. The van der Waals surface area contributed by atoms with Gasteiger partial charge in [0.05, 0.1) is 11.8 Å². The summed E-state index contributed by atoms with van der Waals surface area (Å²) in [5, 5.41) is 12.1. The van der Waals surface area contributed by atoms with E-state index in [-0.39, 0.29) is 12.5 Å². The summed E-state index contributed by atoms with van der Waals surface area (Å²) in [5.41, 5.74) is 0.734. The molecule has 0 aromatic carbocycles. The van der Waals surface area contributed by atoms with Crippen molar-refractivity contribution in [2.75, 3.05) is 6.61 Å². The van der Waals surface area contributed by atoms with Crippen LogP contribution in [0, 0.1) is 6.92 Å². The Bertz CT molecular complexity index is 516. The molecule has 17 heavy (non-hydrogen) atoms. The van der Waals surface area contributed by atoms with Crippen LogP contribution in [-0.4, -0.2) is 27.8 Å². The summed E-state index contributed by atoms with van der Waals surface area (Å²) < 4.78 is 14.8. The number of rotatable bonds is 5. The molecule has 0 spiro atoms. The van der Waals surface area contributed by atoms with E-state index in [1.165, 1.54) is 6.26 Å². The third kappa shape index (κ3) is 2.70. The Balaban J connectivity index is 2.01. The molecule has 0 aliphatic heterocycles. The number of aryl methyl sites for hydroxylation is 1. The fourth-order valence-electron chi connectivity index (χ4n) is 1.27. The Morgan fingerprint density at radius 2 is 2.41 bits per heavy atom. The molecule has 2 heterocycles. The monoisotopic (exact) mass is 238 g/mol. The predicted molar refractivity (Wildman–Crippen MR) is 54.0 cm³/mol. The van der Waals surface area contributed by atoms with Crippen molar-refractivity contribution in [1.29, 1.82) is 0 Å². The zero-order chi connectivity index (χ0) is 12.3. The standard InChI is InChI=1S/C10H10N2O5/c1-6-7(2-3-16-6)10-11-8(17-12-10)4-15-5-9(13)14/h2-3H,4-5H2,1H3,(H,13,14). The van der Waals surface area contributed by atoms with Crippen LogP contribution in [0.1, 0.15) is 11.7 Å². The number of furan rings is 1. The molecule has 0 fully saturated rings. The van der Waals surface area contributed by atoms with Gasteiger partial charge < -0.3 is 18.8 Å². The van der Waals surface area contributed by atoms with Gasteiger partial charge in [0.25, 0.3) is 5.89 Å². The minimum Gasteiger partial charge on any atom is -0.480 e. The molecule has 0 saturated heterocycles. The zero-order valence-corrected chi connectivity index (χ0v) is 9.04. The van der Waals surface area contributed by atoms with Crippen molar-refractivity contribution in [3.63, 3.8) is 0 Å². The number of carbonyl (C=O) groups is 1. The largest absolute Gasteiger partial charge is 0.480 e. The van der Waals surface area contributed by atoms with Crippen LogP contribution in [0.2, 0.25) is 0 Å². The third-order valence-corrected chi connectivity index (χ3v) is 2.02. The first-order valence-corrected chi connectivity index (χ1v) is 4.83. The lowest BCUT2D eigenvalue weighted by atomic mass is 10.2. The first kappa shape index (κ1) is 11.3. The second-order valence-electron chi connectivity index (χ2n) is 3.29. The average molecular weight is 238 g/mol. The number of aromatic nitrogens is 2. The Kier molecular flexibility index (Phi) is 3.20. The van der Waals surface area contributed by atoms with Crippen LogP contribution in [0.15, 0.2) is 21.3 Å². The number of aliphatic carboxylic acids is 1. The number of carboxylic acid groups (broad SMARTS) is 1. The maximum atomic E-state index is 10.2. The summed E-state index contributed by atoms with van der Waals surface area (Å²) in [4.78, 5) is 14.3. The highest BCUT2D eigenvalue weighted by Crippen LogP contribution is 2.21. The van der Waals surface area contributed by atoms with Crippen LogP contribution < -0.4 is 0 Å². The summed E-state index contributed by atoms with van der Waals surface area (Å²) >= 11 is 0. The number of ether oxygens (including phenoxy) is 1. The Morgan fingerprint density at radius 1 is 1.59 bits per heavy atom. The molecule has 0 aliphatic carbocycles. The first-order valence-electron chi connectivity index (χ1n) is 4.83. The lowest BCUT2D eigenvalue weighted by Crippen LogP contribution is -2.06. The van der Waals surface area contributed by atoms with Gasteiger partial charge in [0.2, 0.25) is 5.82 Å². The van der Waals surface area contributed by atoms with Crippen LogP contribution in [0.25, 0.3) is 11.4 Å². The summed E-state index contributed by atoms with van der Waals surface area (Å²) in [6.45, 7) is 1.35. The SMILES string of the molecule is Cc1occc1-c1noc(COCC(=O)O)n1. The molecule has 0 atom stereocenters. The topological polar surface area (TPSA) is 98.6 Å². The number of hydrogen-bond donors (Lipinski definition) is 1. The average Bonchev–Trinajstić information content (AvgIpc) is 2.86. The van der Waals surface area contributed by atoms with Crippen molar-refractivity contribution >= 4 is 5.97 Å². The minimum absolute atomic E-state index is 0.0315. The lowest BCUT2D eigenvalue weighted by Gasteiger charge is -1.94. The molecule has 0 unspecified atom stereocenters. The molecule has 2 aromatic heterocycles. The van der Waals surface area contributed by atoms with Gasteiger partial charge in [-0.1, -0.05) is 5.16 Å². The summed E-state index contributed by atoms with van der Waals surface area (Å²) in [5.74, 6) is 0.256. The summed E-state index contributed by atoms with van der Waals surface area (Å²) in [6.07, 6.45) is 1.53. The second-order valence-corrected chi connectivity index (χ2v) is 3.29. The van der Waals surface area contributed by atoms with Crippen LogP contribution in [-0.2, 0) is 16.1 Å². The number of nitrogens with zero attached hydrogens (tertiary/aromatic N) is 2. The normalized spacial score (nSPS) is 10.6. The van der Waals surface area contributed by atoms with Crippen molar-refractivity contribution in [3.8, 4) is 11.4 Å². The predicted octanol–water partition coefficient (Wildman–Crippen LogP) is 1.24. The molecular weight excluding hydrogens is 228 g/mol. The molecular formula is C10H10N2O5. The van der Waals surface area contributed by atoms with Gasteiger partial charge in [0, 0.05) is 0 Å². The van der Waals surface area contributed by atoms with Gasteiger partial charge in [0.1, 0.15) is 19.0 Å². The minimum atomic E-state index is -1.05. The van der Waals surface area contributed by atoms with E-state index in [1.54, 1.807) is 13.0 Å². The molecule has 0 aliphatic rings. The van der Waals surface area contributed by atoms with Gasteiger partial charge in [-0.25, -0.2) is 4.79 Å². The van der Waals surface area contributed by atoms with E-state index in [1.807, 2.05) is 0 Å². The van der Waals surface area contributed by atoms with Crippen LogP contribution in [0.3, 0.4) is 0 Å². The Morgan fingerprint density at radius 3 is 3.06 bits per heavy atom. The molecule has 1 N–H and O–H groups in total. The maximum Gasteiger partial charge on any atom is 0.329 e. The van der Waals surface area contributed by atoms with Crippen LogP contribution in [0.4, 0.5) is 0 Å². The van der Waals surface area contributed by atoms with E-state index in [0.717, 1.165) is 5.56 Å². The molecule has 7 nitrogen and oxygen atoms in total. The summed E-state index contributed by atoms with van der Waals surface area (Å²) in [6, 6.07) is 1.72. The van der Waals surface area contributed by atoms with Gasteiger partial charge in [-0.05, 0) is 13.0 Å². The van der Waals surface area contributed by atoms with E-state index < -0.39 is 12.6 Å². The third-order valence-electron chi connectivity index (χ3n) is 2.02. The van der Waals surface area contributed by atoms with Crippen molar-refractivity contribution in [2.45, 2.75) is 13.5 Å². The zero-order valence-electron chi connectivity index (χ0n) is 9.04. The molecule has 2 aromatic rings. The summed E-state index contributed by atoms with van der Waals surface area (Å²) in [7, 11) is 0. The highest BCUT2D eigenvalue weighted by atomic mass is 16.5. The fourth-order valence-corrected chi connectivity index (χ4v) is 1.27. The Hall–Kier alpha value is -2.15. The van der Waals surface area contributed by atoms with E-state index in [0.29, 0.717) is 11.6 Å². The van der Waals surface area contributed by atoms with E-state index in [4.69, 9.17) is 18.8 Å². The number of carboxylic acids is 1. The maximum absolute atomic E-state index is 10.2. The van der Waals surface area contributed by atoms with E-state index in [2.05, 4.69) is 10.1 Å². The molecule has 7 heteroatoms. The van der Waals surface area contributed by atoms with Crippen molar-refractivity contribution in [3.05, 3.63) is 24.0 Å². The molecule has 90 valence electrons. The number of hydrogen-bond acceptors (Lipinski definition) is 6. The second kappa shape index (κ2) is 4.79. The van der Waals surface area contributed by atoms with Crippen LogP contribution >= 0.6 is 0 Å². The fraction of sp³-hybridized carbons (Fsp3) is 0.300.